The Morgan fingerprint density at radius 2 is 2.11 bits per heavy atom. The van der Waals surface area contributed by atoms with Gasteiger partial charge in [-0.1, -0.05) is 18.2 Å². The molecule has 0 unspecified atom stereocenters. The maximum Gasteiger partial charge on any atom is 0.346 e. The van der Waals surface area contributed by atoms with Crippen LogP contribution in [0, 0.1) is 0 Å². The molecular weight excluding hydrogens is 260 g/mol. The van der Waals surface area contributed by atoms with Crippen LogP contribution >= 0.6 is 11.3 Å². The molecule has 1 aromatic heterocycles. The molecule has 0 amide bonds. The summed E-state index contributed by atoms with van der Waals surface area (Å²) in [5.74, 6) is -0.278. The molecule has 2 aromatic rings. The van der Waals surface area contributed by atoms with Gasteiger partial charge >= 0.3 is 5.97 Å². The van der Waals surface area contributed by atoms with E-state index in [0.29, 0.717) is 17.2 Å². The van der Waals surface area contributed by atoms with Crippen LogP contribution in [-0.4, -0.2) is 11.1 Å². The fourth-order valence-electron chi connectivity index (χ4n) is 2.39. The van der Waals surface area contributed by atoms with E-state index in [4.69, 9.17) is 9.84 Å². The molecule has 1 aliphatic carbocycles. The van der Waals surface area contributed by atoms with Gasteiger partial charge in [-0.2, -0.15) is 0 Å². The number of fused-ring (bicyclic) bond motifs is 1. The third-order valence-corrected chi connectivity index (χ3v) is 4.25. The van der Waals surface area contributed by atoms with Crippen LogP contribution in [0.1, 0.15) is 32.8 Å². The zero-order valence-corrected chi connectivity index (χ0v) is 11.2. The number of hydrogen-bond acceptors (Lipinski definition) is 3. The average Bonchev–Trinajstić information content (AvgIpc) is 3.04. The third-order valence-electron chi connectivity index (χ3n) is 3.35. The molecule has 0 bridgehead atoms. The lowest BCUT2D eigenvalue weighted by molar-refractivity contribution is 0.0702. The van der Waals surface area contributed by atoms with Gasteiger partial charge in [0.2, 0.25) is 0 Å². The average molecular weight is 274 g/mol. The molecule has 3 nitrogen and oxygen atoms in total. The zero-order valence-electron chi connectivity index (χ0n) is 10.4. The molecule has 0 saturated carbocycles. The Bertz CT molecular complexity index is 616. The van der Waals surface area contributed by atoms with Gasteiger partial charge in [-0.05, 0) is 36.0 Å². The van der Waals surface area contributed by atoms with Gasteiger partial charge in [0.25, 0.3) is 0 Å². The number of rotatable bonds is 4. The summed E-state index contributed by atoms with van der Waals surface area (Å²) in [6.07, 6.45) is 3.58. The zero-order chi connectivity index (χ0) is 13.2. The van der Waals surface area contributed by atoms with Gasteiger partial charge in [0.15, 0.2) is 0 Å². The number of carboxylic acids is 1. The smallest absolute Gasteiger partial charge is 0.346 e. The molecule has 1 aromatic carbocycles. The minimum Gasteiger partial charge on any atom is -0.488 e. The van der Waals surface area contributed by atoms with E-state index in [1.165, 1.54) is 35.3 Å². The molecule has 98 valence electrons. The van der Waals surface area contributed by atoms with Crippen molar-refractivity contribution in [3.8, 4) is 5.75 Å². The quantitative estimate of drug-likeness (QED) is 0.928. The molecule has 19 heavy (non-hydrogen) atoms. The molecule has 0 saturated heterocycles. The van der Waals surface area contributed by atoms with Gasteiger partial charge in [0, 0.05) is 11.4 Å². The first-order valence-corrected chi connectivity index (χ1v) is 7.15. The Morgan fingerprint density at radius 1 is 1.26 bits per heavy atom. The van der Waals surface area contributed by atoms with Crippen molar-refractivity contribution >= 4 is 17.3 Å². The summed E-state index contributed by atoms with van der Waals surface area (Å²) in [5, 5.41) is 10.6. The summed E-state index contributed by atoms with van der Waals surface area (Å²) in [6.45, 7) is 0.489. The van der Waals surface area contributed by atoms with Gasteiger partial charge in [-0.15, -0.1) is 11.3 Å². The monoisotopic (exact) mass is 274 g/mol. The predicted octanol–water partition coefficient (Wildman–Crippen LogP) is 3.51. The van der Waals surface area contributed by atoms with Crippen LogP contribution in [0.5, 0.6) is 5.75 Å². The van der Waals surface area contributed by atoms with Crippen LogP contribution < -0.4 is 4.74 Å². The fraction of sp³-hybridized carbons (Fsp3) is 0.267. The van der Waals surface area contributed by atoms with Crippen LogP contribution in [0.25, 0.3) is 0 Å². The largest absolute Gasteiger partial charge is 0.488 e. The first-order valence-electron chi connectivity index (χ1n) is 6.28. The topological polar surface area (TPSA) is 46.5 Å². The molecular formula is C15H14O3S. The van der Waals surface area contributed by atoms with Crippen molar-refractivity contribution in [2.45, 2.75) is 25.9 Å². The molecule has 0 atom stereocenters. The van der Waals surface area contributed by atoms with Crippen LogP contribution in [0.3, 0.4) is 0 Å². The fourth-order valence-corrected chi connectivity index (χ4v) is 3.05. The van der Waals surface area contributed by atoms with Crippen molar-refractivity contribution in [3.63, 3.8) is 0 Å². The number of thiophene rings is 1. The Hall–Kier alpha value is -1.81. The summed E-state index contributed by atoms with van der Waals surface area (Å²) < 4.78 is 5.63. The van der Waals surface area contributed by atoms with Crippen molar-refractivity contribution in [1.82, 2.24) is 0 Å². The highest BCUT2D eigenvalue weighted by atomic mass is 32.1. The third kappa shape index (κ3) is 2.63. The van der Waals surface area contributed by atoms with Crippen molar-refractivity contribution < 1.29 is 14.6 Å². The van der Waals surface area contributed by atoms with Crippen molar-refractivity contribution in [2.75, 3.05) is 0 Å². The Kier molecular flexibility index (Phi) is 3.25. The lowest BCUT2D eigenvalue weighted by atomic mass is 10.1. The van der Waals surface area contributed by atoms with Crippen molar-refractivity contribution in [1.29, 1.82) is 0 Å². The van der Waals surface area contributed by atoms with E-state index >= 15 is 0 Å². The number of carboxylic acid groups (broad SMARTS) is 1. The predicted molar refractivity (Wildman–Crippen MR) is 74.1 cm³/mol. The maximum atomic E-state index is 10.8. The van der Waals surface area contributed by atoms with Gasteiger partial charge in [0.1, 0.15) is 17.2 Å². The SMILES string of the molecule is O=C(O)c1cc(OCc2ccc3c(c2)CCC3)cs1. The van der Waals surface area contributed by atoms with Gasteiger partial charge < -0.3 is 9.84 Å². The molecule has 1 N–H and O–H groups in total. The molecule has 0 fully saturated rings. The van der Waals surface area contributed by atoms with Crippen LogP contribution in [-0.2, 0) is 19.4 Å². The normalized spacial score (nSPS) is 13.3. The molecule has 4 heteroatoms. The molecule has 1 aliphatic rings. The number of aromatic carboxylic acids is 1. The second-order valence-corrected chi connectivity index (χ2v) is 5.61. The molecule has 3 rings (SSSR count). The van der Waals surface area contributed by atoms with Crippen LogP contribution in [0.15, 0.2) is 29.6 Å². The number of carbonyl (C=O) groups is 1. The lowest BCUT2D eigenvalue weighted by Crippen LogP contribution is -1.96. The minimum absolute atomic E-state index is 0.309. The van der Waals surface area contributed by atoms with E-state index in [0.717, 1.165) is 12.0 Å². The summed E-state index contributed by atoms with van der Waals surface area (Å²) in [6, 6.07) is 8.04. The first-order chi connectivity index (χ1) is 9.22. The van der Waals surface area contributed by atoms with Gasteiger partial charge in [-0.3, -0.25) is 0 Å². The number of ether oxygens (including phenoxy) is 1. The van der Waals surface area contributed by atoms with E-state index in [2.05, 4.69) is 18.2 Å². The first kappa shape index (κ1) is 12.2. The maximum absolute atomic E-state index is 10.8. The summed E-state index contributed by atoms with van der Waals surface area (Å²) in [5.41, 5.74) is 4.02. The highest BCUT2D eigenvalue weighted by molar-refractivity contribution is 7.12. The molecule has 0 radical (unpaired) electrons. The highest BCUT2D eigenvalue weighted by Crippen LogP contribution is 2.25. The minimum atomic E-state index is -0.905. The number of hydrogen-bond donors (Lipinski definition) is 1. The van der Waals surface area contributed by atoms with Gasteiger partial charge in [-0.25, -0.2) is 4.79 Å². The molecule has 0 aliphatic heterocycles. The van der Waals surface area contributed by atoms with E-state index in [1.807, 2.05) is 0 Å². The van der Waals surface area contributed by atoms with E-state index < -0.39 is 5.97 Å². The van der Waals surface area contributed by atoms with Crippen molar-refractivity contribution in [3.05, 3.63) is 51.2 Å². The van der Waals surface area contributed by atoms with Gasteiger partial charge in [0.05, 0.1) is 0 Å². The Balaban J connectivity index is 1.67. The lowest BCUT2D eigenvalue weighted by Gasteiger charge is -2.06. The molecule has 1 heterocycles. The van der Waals surface area contributed by atoms with Crippen molar-refractivity contribution in [2.24, 2.45) is 0 Å². The number of benzene rings is 1. The second-order valence-electron chi connectivity index (χ2n) is 4.70. The summed E-state index contributed by atoms with van der Waals surface area (Å²) in [4.78, 5) is 11.1. The van der Waals surface area contributed by atoms with Crippen LogP contribution in [0.2, 0.25) is 0 Å². The Labute approximate surface area is 115 Å². The van der Waals surface area contributed by atoms with E-state index in [-0.39, 0.29) is 0 Å². The molecule has 0 spiro atoms. The second kappa shape index (κ2) is 5.05. The highest BCUT2D eigenvalue weighted by Gasteiger charge is 2.11. The van der Waals surface area contributed by atoms with E-state index in [1.54, 1.807) is 11.4 Å². The van der Waals surface area contributed by atoms with Crippen LogP contribution in [0.4, 0.5) is 0 Å². The van der Waals surface area contributed by atoms with E-state index in [9.17, 15) is 4.79 Å². The Morgan fingerprint density at radius 3 is 2.89 bits per heavy atom. The number of aryl methyl sites for hydroxylation is 2. The summed E-state index contributed by atoms with van der Waals surface area (Å²) >= 11 is 1.19. The summed E-state index contributed by atoms with van der Waals surface area (Å²) in [7, 11) is 0. The standard InChI is InChI=1S/C15H14O3S/c16-15(17)14-7-13(9-19-14)18-8-10-4-5-11-2-1-3-12(11)6-10/h4-7,9H,1-3,8H2,(H,16,17).